The van der Waals surface area contributed by atoms with Gasteiger partial charge in [0.1, 0.15) is 6.10 Å². The van der Waals surface area contributed by atoms with Gasteiger partial charge in [0, 0.05) is 0 Å². The molecule has 1 heterocycles. The molecule has 1 aliphatic heterocycles. The molecule has 1 aliphatic rings. The van der Waals surface area contributed by atoms with Crippen LogP contribution in [0.15, 0.2) is 36.0 Å². The Morgan fingerprint density at radius 2 is 1.94 bits per heavy atom. The second-order valence-electron chi connectivity index (χ2n) is 5.50. The average Bonchev–Trinajstić information content (AvgIpc) is 2.89. The van der Waals surface area contributed by atoms with Crippen LogP contribution in [0.3, 0.4) is 0 Å². The van der Waals surface area contributed by atoms with E-state index in [1.807, 2.05) is 6.08 Å². The van der Waals surface area contributed by atoms with Crippen LogP contribution in [-0.2, 0) is 4.74 Å². The molecule has 0 radical (unpaired) electrons. The molecule has 1 fully saturated rings. The topological polar surface area (TPSA) is 12.5 Å². The van der Waals surface area contributed by atoms with Gasteiger partial charge < -0.3 is 4.74 Å². The van der Waals surface area contributed by atoms with Crippen LogP contribution in [0.1, 0.15) is 53.4 Å². The van der Waals surface area contributed by atoms with Crippen molar-refractivity contribution in [2.75, 3.05) is 0 Å². The Bertz CT molecular complexity index is 320. The second-order valence-corrected chi connectivity index (χ2v) is 5.50. The highest BCUT2D eigenvalue weighted by molar-refractivity contribution is 5.10. The molecule has 0 amide bonds. The number of hydrogen-bond donors (Lipinski definition) is 0. The van der Waals surface area contributed by atoms with E-state index >= 15 is 0 Å². The van der Waals surface area contributed by atoms with Gasteiger partial charge in [0.25, 0.3) is 0 Å². The first kappa shape index (κ1) is 14.2. The Hall–Kier alpha value is -0.820. The van der Waals surface area contributed by atoms with Gasteiger partial charge in [-0.3, -0.25) is 0 Å². The molecule has 0 aromatic rings. The van der Waals surface area contributed by atoms with E-state index in [9.17, 15) is 0 Å². The number of ether oxygens (including phenoxy) is 1. The van der Waals surface area contributed by atoms with Crippen LogP contribution in [0.2, 0.25) is 0 Å². The highest BCUT2D eigenvalue weighted by atomic mass is 16.6. The number of allylic oxidation sites excluding steroid dienone is 4. The van der Waals surface area contributed by atoms with E-state index in [-0.39, 0.29) is 11.7 Å². The highest BCUT2D eigenvalue weighted by Gasteiger charge is 2.49. The maximum atomic E-state index is 5.59. The van der Waals surface area contributed by atoms with Crippen molar-refractivity contribution in [3.05, 3.63) is 36.0 Å². The molecule has 0 N–H and O–H groups in total. The minimum Gasteiger partial charge on any atom is -0.362 e. The summed E-state index contributed by atoms with van der Waals surface area (Å²) in [5, 5.41) is 0. The van der Waals surface area contributed by atoms with Gasteiger partial charge in [0.15, 0.2) is 0 Å². The average molecular weight is 234 g/mol. The summed E-state index contributed by atoms with van der Waals surface area (Å²) in [6.45, 7) is 12.5. The second kappa shape index (κ2) is 6.20. The van der Waals surface area contributed by atoms with Crippen LogP contribution < -0.4 is 0 Å². The van der Waals surface area contributed by atoms with E-state index in [0.717, 1.165) is 19.3 Å². The van der Waals surface area contributed by atoms with Crippen LogP contribution in [0.4, 0.5) is 0 Å². The summed E-state index contributed by atoms with van der Waals surface area (Å²) < 4.78 is 5.59. The summed E-state index contributed by atoms with van der Waals surface area (Å²) in [4.78, 5) is 0. The summed E-state index contributed by atoms with van der Waals surface area (Å²) in [5.41, 5.74) is 2.96. The van der Waals surface area contributed by atoms with Crippen LogP contribution in [0.25, 0.3) is 0 Å². The van der Waals surface area contributed by atoms with Crippen molar-refractivity contribution in [1.29, 1.82) is 0 Å². The zero-order chi connectivity index (χ0) is 12.9. The molecular weight excluding hydrogens is 208 g/mol. The fraction of sp³-hybridized carbons (Fsp3) is 0.625. The van der Waals surface area contributed by atoms with E-state index in [1.165, 1.54) is 17.6 Å². The van der Waals surface area contributed by atoms with Gasteiger partial charge in [-0.15, -0.1) is 6.58 Å². The monoisotopic (exact) mass is 234 g/mol. The summed E-state index contributed by atoms with van der Waals surface area (Å²) >= 11 is 0. The van der Waals surface area contributed by atoms with Gasteiger partial charge in [-0.1, -0.05) is 29.4 Å². The smallest absolute Gasteiger partial charge is 0.105 e. The predicted molar refractivity (Wildman–Crippen MR) is 75.1 cm³/mol. The fourth-order valence-electron chi connectivity index (χ4n) is 2.05. The lowest BCUT2D eigenvalue weighted by molar-refractivity contribution is 0.304. The molecule has 0 saturated carbocycles. The molecule has 0 aliphatic carbocycles. The van der Waals surface area contributed by atoms with Crippen LogP contribution in [-0.4, -0.2) is 11.7 Å². The summed E-state index contributed by atoms with van der Waals surface area (Å²) in [6.07, 6.45) is 11.4. The van der Waals surface area contributed by atoms with Crippen LogP contribution >= 0.6 is 0 Å². The third kappa shape index (κ3) is 4.91. The van der Waals surface area contributed by atoms with Crippen molar-refractivity contribution in [2.24, 2.45) is 0 Å². The van der Waals surface area contributed by atoms with E-state index in [4.69, 9.17) is 4.74 Å². The highest BCUT2D eigenvalue weighted by Crippen LogP contribution is 2.40. The molecule has 0 unspecified atom stereocenters. The molecule has 0 aromatic heterocycles. The first-order chi connectivity index (χ1) is 7.98. The molecule has 0 spiro atoms. The normalized spacial score (nSPS) is 27.8. The molecule has 17 heavy (non-hydrogen) atoms. The lowest BCUT2D eigenvalue weighted by Crippen LogP contribution is -2.07. The lowest BCUT2D eigenvalue weighted by atomic mass is 10.00. The van der Waals surface area contributed by atoms with Gasteiger partial charge in [-0.05, 0) is 53.4 Å². The quantitative estimate of drug-likeness (QED) is 0.455. The van der Waals surface area contributed by atoms with E-state index < -0.39 is 0 Å². The van der Waals surface area contributed by atoms with E-state index in [2.05, 4.69) is 46.4 Å². The van der Waals surface area contributed by atoms with Crippen molar-refractivity contribution in [2.45, 2.75) is 65.1 Å². The van der Waals surface area contributed by atoms with Gasteiger partial charge in [-0.25, -0.2) is 0 Å². The first-order valence-electron chi connectivity index (χ1n) is 6.57. The third-order valence-corrected chi connectivity index (χ3v) is 3.38. The van der Waals surface area contributed by atoms with Gasteiger partial charge in [-0.2, -0.15) is 0 Å². The lowest BCUT2D eigenvalue weighted by Gasteiger charge is -2.03. The minimum atomic E-state index is 0.0679. The molecule has 1 nitrogen and oxygen atoms in total. The van der Waals surface area contributed by atoms with Crippen LogP contribution in [0, 0.1) is 0 Å². The Morgan fingerprint density at radius 3 is 2.47 bits per heavy atom. The SMILES string of the molecule is C=C[C@@H]1O[C@@]1(C)CC/C=C(\C)CCC=C(C)C. The maximum Gasteiger partial charge on any atom is 0.105 e. The van der Waals surface area contributed by atoms with Crippen molar-refractivity contribution >= 4 is 0 Å². The molecule has 1 rings (SSSR count). The number of rotatable bonds is 7. The maximum absolute atomic E-state index is 5.59. The Labute approximate surface area is 106 Å². The molecule has 0 aromatic carbocycles. The largest absolute Gasteiger partial charge is 0.362 e. The zero-order valence-corrected chi connectivity index (χ0v) is 11.8. The van der Waals surface area contributed by atoms with E-state index in [1.54, 1.807) is 0 Å². The van der Waals surface area contributed by atoms with Crippen molar-refractivity contribution in [3.63, 3.8) is 0 Å². The zero-order valence-electron chi connectivity index (χ0n) is 11.8. The number of hydrogen-bond acceptors (Lipinski definition) is 1. The molecule has 0 bridgehead atoms. The molecule has 96 valence electrons. The standard InChI is InChI=1S/C16H26O/c1-6-15-16(5,17-15)12-8-11-14(4)10-7-9-13(2)3/h6,9,11,15H,1,7-8,10,12H2,2-5H3/b14-11+/t15-,16-/m0/s1. The van der Waals surface area contributed by atoms with Crippen LogP contribution in [0.5, 0.6) is 0 Å². The Balaban J connectivity index is 2.20. The molecule has 2 atom stereocenters. The first-order valence-corrected chi connectivity index (χ1v) is 6.57. The van der Waals surface area contributed by atoms with Crippen molar-refractivity contribution in [3.8, 4) is 0 Å². The summed E-state index contributed by atoms with van der Waals surface area (Å²) in [6, 6.07) is 0. The summed E-state index contributed by atoms with van der Waals surface area (Å²) in [5.74, 6) is 0. The molecule has 1 heteroatoms. The van der Waals surface area contributed by atoms with Gasteiger partial charge in [0.05, 0.1) is 5.60 Å². The minimum absolute atomic E-state index is 0.0679. The number of epoxide rings is 1. The predicted octanol–water partition coefficient (Wildman–Crippen LogP) is 4.80. The Kier molecular flexibility index (Phi) is 5.20. The van der Waals surface area contributed by atoms with Crippen molar-refractivity contribution < 1.29 is 4.74 Å². The molecular formula is C16H26O. The Morgan fingerprint density at radius 1 is 1.24 bits per heavy atom. The van der Waals surface area contributed by atoms with Gasteiger partial charge in [0.2, 0.25) is 0 Å². The third-order valence-electron chi connectivity index (χ3n) is 3.38. The fourth-order valence-corrected chi connectivity index (χ4v) is 2.05. The van der Waals surface area contributed by atoms with Crippen molar-refractivity contribution in [1.82, 2.24) is 0 Å². The summed E-state index contributed by atoms with van der Waals surface area (Å²) in [7, 11) is 0. The molecule has 1 saturated heterocycles. The van der Waals surface area contributed by atoms with Gasteiger partial charge >= 0.3 is 0 Å². The van der Waals surface area contributed by atoms with E-state index in [0.29, 0.717) is 0 Å².